The Hall–Kier alpha value is -4.12. The van der Waals surface area contributed by atoms with E-state index in [0.29, 0.717) is 28.6 Å². The number of phenols is 3. The molecule has 162 valence electrons. The molecule has 0 bridgehead atoms. The minimum Gasteiger partial charge on any atom is -0.508 e. The molecule has 0 spiro atoms. The van der Waals surface area contributed by atoms with Gasteiger partial charge in [-0.15, -0.1) is 0 Å². The molecule has 4 aromatic rings. The van der Waals surface area contributed by atoms with Crippen molar-refractivity contribution >= 4 is 17.1 Å². The summed E-state index contributed by atoms with van der Waals surface area (Å²) in [5.41, 5.74) is 4.39. The molecule has 0 heterocycles. The van der Waals surface area contributed by atoms with Crippen molar-refractivity contribution in [3.8, 4) is 28.7 Å². The van der Waals surface area contributed by atoms with E-state index >= 15 is 0 Å². The van der Waals surface area contributed by atoms with Crippen LogP contribution in [0.15, 0.2) is 78.9 Å². The van der Waals surface area contributed by atoms with Gasteiger partial charge < -0.3 is 25.0 Å². The quantitative estimate of drug-likeness (QED) is 0.320. The molecule has 0 aliphatic carbocycles. The van der Waals surface area contributed by atoms with E-state index in [4.69, 9.17) is 4.74 Å². The van der Waals surface area contributed by atoms with Crippen LogP contribution in [-0.2, 0) is 0 Å². The van der Waals surface area contributed by atoms with Crippen LogP contribution < -0.4 is 9.64 Å². The van der Waals surface area contributed by atoms with Crippen molar-refractivity contribution in [2.45, 2.75) is 20.8 Å². The molecule has 5 heteroatoms. The van der Waals surface area contributed by atoms with Crippen LogP contribution in [0.3, 0.4) is 0 Å². The summed E-state index contributed by atoms with van der Waals surface area (Å²) in [4.78, 5) is 1.89. The van der Waals surface area contributed by atoms with E-state index in [-0.39, 0.29) is 17.2 Å². The third-order valence-electron chi connectivity index (χ3n) is 5.41. The lowest BCUT2D eigenvalue weighted by Crippen LogP contribution is -2.11. The number of nitrogens with zero attached hydrogens (tertiary/aromatic N) is 1. The maximum absolute atomic E-state index is 10.4. The van der Waals surface area contributed by atoms with Crippen molar-refractivity contribution in [2.24, 2.45) is 0 Å². The van der Waals surface area contributed by atoms with Crippen molar-refractivity contribution in [3.63, 3.8) is 0 Å². The number of rotatable bonds is 5. The molecule has 0 saturated carbocycles. The van der Waals surface area contributed by atoms with Gasteiger partial charge in [0, 0.05) is 23.5 Å². The van der Waals surface area contributed by atoms with E-state index in [1.54, 1.807) is 24.3 Å². The van der Waals surface area contributed by atoms with Gasteiger partial charge in [-0.05, 0) is 67.8 Å². The molecule has 4 aromatic carbocycles. The maximum atomic E-state index is 10.4. The Bertz CT molecular complexity index is 1210. The van der Waals surface area contributed by atoms with Crippen LogP contribution in [0.2, 0.25) is 0 Å². The molecule has 3 N–H and O–H groups in total. The smallest absolute Gasteiger partial charge is 0.172 e. The van der Waals surface area contributed by atoms with Gasteiger partial charge in [-0.3, -0.25) is 0 Å². The van der Waals surface area contributed by atoms with Gasteiger partial charge >= 0.3 is 0 Å². The zero-order chi connectivity index (χ0) is 22.8. The second-order valence-electron chi connectivity index (χ2n) is 7.77. The first-order valence-electron chi connectivity index (χ1n) is 10.3. The van der Waals surface area contributed by atoms with E-state index in [0.717, 1.165) is 16.7 Å². The van der Waals surface area contributed by atoms with E-state index < -0.39 is 0 Å². The summed E-state index contributed by atoms with van der Waals surface area (Å²) in [5, 5.41) is 31.1. The standard InChI is InChI=1S/C27H25NO4/c1-17-11-13-20(15-24(17)30)28(21-14-12-18(2)25(31)16-21)22-8-4-5-10-26(22)32-27-19(3)7-6-9-23(27)29/h4-16,29-31H,1-3H3. The number of benzene rings is 4. The third kappa shape index (κ3) is 4.05. The Morgan fingerprint density at radius 1 is 0.594 bits per heavy atom. The Kier molecular flexibility index (Phi) is 5.65. The molecule has 0 aliphatic heterocycles. The molecule has 0 atom stereocenters. The number of aryl methyl sites for hydroxylation is 3. The highest BCUT2D eigenvalue weighted by atomic mass is 16.5. The number of phenolic OH excluding ortho intramolecular Hbond substituents is 3. The van der Waals surface area contributed by atoms with E-state index in [1.165, 1.54) is 0 Å². The van der Waals surface area contributed by atoms with Crippen LogP contribution in [0.4, 0.5) is 17.1 Å². The van der Waals surface area contributed by atoms with Crippen LogP contribution in [-0.4, -0.2) is 15.3 Å². The highest BCUT2D eigenvalue weighted by Crippen LogP contribution is 2.45. The predicted octanol–water partition coefficient (Wildman–Crippen LogP) is 6.99. The molecule has 0 radical (unpaired) electrons. The predicted molar refractivity (Wildman–Crippen MR) is 127 cm³/mol. The molecule has 32 heavy (non-hydrogen) atoms. The van der Waals surface area contributed by atoms with Crippen molar-refractivity contribution < 1.29 is 20.1 Å². The first-order chi connectivity index (χ1) is 15.3. The van der Waals surface area contributed by atoms with Gasteiger partial charge in [0.1, 0.15) is 11.5 Å². The minimum atomic E-state index is 0.0484. The van der Waals surface area contributed by atoms with Gasteiger partial charge in [-0.25, -0.2) is 0 Å². The van der Waals surface area contributed by atoms with Crippen LogP contribution >= 0.6 is 0 Å². The number of anilines is 3. The SMILES string of the molecule is Cc1ccc(N(c2ccc(C)c(O)c2)c2ccccc2Oc2c(C)cccc2O)cc1O. The third-order valence-corrected chi connectivity index (χ3v) is 5.41. The summed E-state index contributed by atoms with van der Waals surface area (Å²) in [5.74, 6) is 1.26. The lowest BCUT2D eigenvalue weighted by molar-refractivity contribution is 0.409. The van der Waals surface area contributed by atoms with Gasteiger partial charge in [0.15, 0.2) is 17.2 Å². The Morgan fingerprint density at radius 3 is 1.75 bits per heavy atom. The molecule has 0 aromatic heterocycles. The van der Waals surface area contributed by atoms with Crippen molar-refractivity contribution in [2.75, 3.05) is 4.90 Å². The van der Waals surface area contributed by atoms with Crippen molar-refractivity contribution in [3.05, 3.63) is 95.6 Å². The molecule has 0 aliphatic rings. The zero-order valence-corrected chi connectivity index (χ0v) is 18.2. The maximum Gasteiger partial charge on any atom is 0.172 e. The fourth-order valence-corrected chi connectivity index (χ4v) is 3.51. The fraction of sp³-hybridized carbons (Fsp3) is 0.111. The monoisotopic (exact) mass is 427 g/mol. The first kappa shape index (κ1) is 21.1. The van der Waals surface area contributed by atoms with Crippen LogP contribution in [0.25, 0.3) is 0 Å². The first-order valence-corrected chi connectivity index (χ1v) is 10.3. The molecule has 0 saturated heterocycles. The molecule has 0 unspecified atom stereocenters. The molecule has 4 rings (SSSR count). The van der Waals surface area contributed by atoms with Gasteiger partial charge in [-0.1, -0.05) is 36.4 Å². The highest BCUT2D eigenvalue weighted by Gasteiger charge is 2.20. The van der Waals surface area contributed by atoms with E-state index in [1.807, 2.05) is 80.3 Å². The number of hydrogen-bond donors (Lipinski definition) is 3. The molecular formula is C27H25NO4. The fourth-order valence-electron chi connectivity index (χ4n) is 3.51. The van der Waals surface area contributed by atoms with E-state index in [9.17, 15) is 15.3 Å². The summed E-state index contributed by atoms with van der Waals surface area (Å²) in [6, 6.07) is 23.5. The van der Waals surface area contributed by atoms with Crippen molar-refractivity contribution in [1.29, 1.82) is 0 Å². The largest absolute Gasteiger partial charge is 0.508 e. The van der Waals surface area contributed by atoms with Gasteiger partial charge in [0.2, 0.25) is 0 Å². The Balaban J connectivity index is 1.90. The van der Waals surface area contributed by atoms with Gasteiger partial charge in [0.25, 0.3) is 0 Å². The molecule has 0 fully saturated rings. The molecule has 5 nitrogen and oxygen atoms in total. The number of aromatic hydroxyl groups is 3. The average molecular weight is 428 g/mol. The molecular weight excluding hydrogens is 402 g/mol. The van der Waals surface area contributed by atoms with Gasteiger partial charge in [0.05, 0.1) is 5.69 Å². The average Bonchev–Trinajstić information content (AvgIpc) is 2.77. The number of para-hydroxylation sites is 3. The summed E-state index contributed by atoms with van der Waals surface area (Å²) < 4.78 is 6.19. The topological polar surface area (TPSA) is 73.2 Å². The number of hydrogen-bond acceptors (Lipinski definition) is 5. The van der Waals surface area contributed by atoms with E-state index in [2.05, 4.69) is 0 Å². The summed E-state index contributed by atoms with van der Waals surface area (Å²) in [7, 11) is 0. The van der Waals surface area contributed by atoms with Crippen LogP contribution in [0, 0.1) is 20.8 Å². The highest BCUT2D eigenvalue weighted by molar-refractivity contribution is 5.81. The van der Waals surface area contributed by atoms with Gasteiger partial charge in [-0.2, -0.15) is 0 Å². The summed E-state index contributed by atoms with van der Waals surface area (Å²) in [6.07, 6.45) is 0. The summed E-state index contributed by atoms with van der Waals surface area (Å²) in [6.45, 7) is 5.53. The lowest BCUT2D eigenvalue weighted by Gasteiger charge is -2.28. The zero-order valence-electron chi connectivity index (χ0n) is 18.2. The number of ether oxygens (including phenoxy) is 1. The van der Waals surface area contributed by atoms with Crippen LogP contribution in [0.5, 0.6) is 28.7 Å². The van der Waals surface area contributed by atoms with Crippen LogP contribution in [0.1, 0.15) is 16.7 Å². The second kappa shape index (κ2) is 8.55. The van der Waals surface area contributed by atoms with Crippen molar-refractivity contribution in [1.82, 2.24) is 0 Å². The normalized spacial score (nSPS) is 10.7. The molecule has 0 amide bonds. The summed E-state index contributed by atoms with van der Waals surface area (Å²) >= 11 is 0. The Morgan fingerprint density at radius 2 is 1.19 bits per heavy atom. The minimum absolute atomic E-state index is 0.0484. The second-order valence-corrected chi connectivity index (χ2v) is 7.77. The Labute approximate surface area is 187 Å². The lowest BCUT2D eigenvalue weighted by atomic mass is 10.1.